The lowest BCUT2D eigenvalue weighted by molar-refractivity contribution is -0.167. The molecule has 0 amide bonds. The molecule has 0 aromatic carbocycles. The van der Waals surface area contributed by atoms with Gasteiger partial charge in [0.1, 0.15) is 13.2 Å². The molecule has 0 bridgehead atoms. The third-order valence-corrected chi connectivity index (χ3v) is 10.8. The molecule has 6 heteroatoms. The third kappa shape index (κ3) is 46.3. The Balaban J connectivity index is 4.42. The molecule has 0 fully saturated rings. The lowest BCUT2D eigenvalue weighted by Gasteiger charge is -2.18. The molecule has 0 aliphatic carbocycles. The van der Waals surface area contributed by atoms with Crippen molar-refractivity contribution in [1.82, 2.24) is 0 Å². The summed E-state index contributed by atoms with van der Waals surface area (Å²) in [5, 5.41) is 0. The van der Waals surface area contributed by atoms with Crippen molar-refractivity contribution in [2.75, 3.05) is 13.2 Å². The van der Waals surface area contributed by atoms with Gasteiger partial charge in [-0.05, 0) is 96.3 Å². The number of allylic oxidation sites excluding steroid dienone is 8. The van der Waals surface area contributed by atoms with Crippen molar-refractivity contribution in [2.45, 2.75) is 258 Å². The molecule has 0 N–H and O–H groups in total. The van der Waals surface area contributed by atoms with E-state index in [0.29, 0.717) is 19.3 Å². The fourth-order valence-electron chi connectivity index (χ4n) is 6.92. The molecule has 0 aliphatic rings. The minimum absolute atomic E-state index is 0.0848. The average Bonchev–Trinajstić information content (AvgIpc) is 3.23. The van der Waals surface area contributed by atoms with Gasteiger partial charge in [-0.1, -0.05) is 185 Å². The SMILES string of the molecule is CCCC/C=C\C/C=C\CCCCCCCC(=O)OCC(COC(=O)CCCCCCC/C=C\CCCCCC)OC(=O)CCCCCCC/C=C\CCCCCCC. The van der Waals surface area contributed by atoms with E-state index in [2.05, 4.69) is 69.4 Å². The van der Waals surface area contributed by atoms with Crippen molar-refractivity contribution < 1.29 is 28.6 Å². The van der Waals surface area contributed by atoms with Gasteiger partial charge in [0.2, 0.25) is 0 Å². The second-order valence-electron chi connectivity index (χ2n) is 16.7. The summed E-state index contributed by atoms with van der Waals surface area (Å²) >= 11 is 0. The third-order valence-electron chi connectivity index (χ3n) is 10.8. The van der Waals surface area contributed by atoms with Crippen molar-refractivity contribution >= 4 is 17.9 Å². The van der Waals surface area contributed by atoms with E-state index in [1.165, 1.54) is 116 Å². The Bertz CT molecular complexity index is 1040. The summed E-state index contributed by atoms with van der Waals surface area (Å²) in [6, 6.07) is 0. The van der Waals surface area contributed by atoms with Crippen molar-refractivity contribution in [3.63, 3.8) is 0 Å². The Hall–Kier alpha value is -2.63. The van der Waals surface area contributed by atoms with Gasteiger partial charge in [-0.15, -0.1) is 0 Å². The number of carbonyl (C=O) groups excluding carboxylic acids is 3. The summed E-state index contributed by atoms with van der Waals surface area (Å²) in [5.41, 5.74) is 0. The number of rotatable bonds is 45. The van der Waals surface area contributed by atoms with Crippen LogP contribution in [0, 0.1) is 0 Å². The van der Waals surface area contributed by atoms with Crippen LogP contribution in [0.4, 0.5) is 0 Å². The average molecular weight is 827 g/mol. The Morgan fingerprint density at radius 3 is 1.02 bits per heavy atom. The summed E-state index contributed by atoms with van der Waals surface area (Å²) in [7, 11) is 0. The minimum Gasteiger partial charge on any atom is -0.462 e. The molecule has 0 saturated carbocycles. The zero-order valence-corrected chi connectivity index (χ0v) is 39.0. The second-order valence-corrected chi connectivity index (χ2v) is 16.7. The van der Waals surface area contributed by atoms with Crippen LogP contribution in [0.25, 0.3) is 0 Å². The van der Waals surface area contributed by atoms with E-state index < -0.39 is 6.10 Å². The van der Waals surface area contributed by atoms with E-state index in [1.54, 1.807) is 0 Å². The molecule has 1 atom stereocenters. The first-order valence-corrected chi connectivity index (χ1v) is 25.1. The lowest BCUT2D eigenvalue weighted by Crippen LogP contribution is -2.30. The van der Waals surface area contributed by atoms with Crippen LogP contribution in [-0.4, -0.2) is 37.2 Å². The normalized spacial score (nSPS) is 12.4. The molecule has 59 heavy (non-hydrogen) atoms. The van der Waals surface area contributed by atoms with Gasteiger partial charge in [0.25, 0.3) is 0 Å². The molecule has 342 valence electrons. The van der Waals surface area contributed by atoms with Gasteiger partial charge in [-0.3, -0.25) is 14.4 Å². The van der Waals surface area contributed by atoms with E-state index in [0.717, 1.165) is 96.3 Å². The first-order chi connectivity index (χ1) is 29.0. The zero-order chi connectivity index (χ0) is 43.0. The van der Waals surface area contributed by atoms with Gasteiger partial charge in [-0.2, -0.15) is 0 Å². The Kier molecular flexibility index (Phi) is 45.9. The number of hydrogen-bond acceptors (Lipinski definition) is 6. The maximum Gasteiger partial charge on any atom is 0.306 e. The van der Waals surface area contributed by atoms with E-state index in [4.69, 9.17) is 14.2 Å². The minimum atomic E-state index is -0.784. The quantitative estimate of drug-likeness (QED) is 0.0263. The molecular weight excluding hydrogens is 733 g/mol. The molecular formula is C53H94O6. The Labute approximate surface area is 365 Å². The molecule has 0 aromatic rings. The highest BCUT2D eigenvalue weighted by Crippen LogP contribution is 2.14. The molecule has 0 radical (unpaired) electrons. The predicted octanol–water partition coefficient (Wildman–Crippen LogP) is 16.3. The standard InChI is InChI=1S/C53H94O6/c1-4-7-10-13-16-19-22-25-28-31-34-37-40-43-46-52(55)58-49-50(48-57-51(54)45-42-39-36-33-30-27-24-21-18-15-12-9-6-3)59-53(56)47-44-41-38-35-32-29-26-23-20-17-14-11-8-5-2/h13,16,21-26,50H,4-12,14-15,17-20,27-49H2,1-3H3/b16-13-,24-21-,25-22-,26-23-. The molecule has 0 spiro atoms. The number of esters is 3. The summed E-state index contributed by atoms with van der Waals surface area (Å²) in [6.07, 6.45) is 56.6. The van der Waals surface area contributed by atoms with Gasteiger partial charge in [0.05, 0.1) is 0 Å². The molecule has 0 rings (SSSR count). The van der Waals surface area contributed by atoms with Crippen molar-refractivity contribution in [1.29, 1.82) is 0 Å². The fraction of sp³-hybridized carbons (Fsp3) is 0.792. The Morgan fingerprint density at radius 2 is 0.627 bits per heavy atom. The highest BCUT2D eigenvalue weighted by atomic mass is 16.6. The monoisotopic (exact) mass is 827 g/mol. The summed E-state index contributed by atoms with van der Waals surface area (Å²) in [6.45, 7) is 6.55. The maximum absolute atomic E-state index is 12.8. The summed E-state index contributed by atoms with van der Waals surface area (Å²) in [4.78, 5) is 37.9. The molecule has 1 unspecified atom stereocenters. The zero-order valence-electron chi connectivity index (χ0n) is 39.0. The maximum atomic E-state index is 12.8. The molecule has 0 aliphatic heterocycles. The number of carbonyl (C=O) groups is 3. The topological polar surface area (TPSA) is 78.9 Å². The Morgan fingerprint density at radius 1 is 0.339 bits per heavy atom. The number of ether oxygens (including phenoxy) is 3. The van der Waals surface area contributed by atoms with Crippen LogP contribution < -0.4 is 0 Å². The lowest BCUT2D eigenvalue weighted by atomic mass is 10.1. The van der Waals surface area contributed by atoms with E-state index in [-0.39, 0.29) is 31.1 Å². The van der Waals surface area contributed by atoms with E-state index in [9.17, 15) is 14.4 Å². The van der Waals surface area contributed by atoms with Crippen molar-refractivity contribution in [2.24, 2.45) is 0 Å². The fourth-order valence-corrected chi connectivity index (χ4v) is 6.92. The van der Waals surface area contributed by atoms with Crippen LogP contribution in [0.15, 0.2) is 48.6 Å². The van der Waals surface area contributed by atoms with Gasteiger partial charge in [-0.25, -0.2) is 0 Å². The van der Waals surface area contributed by atoms with Crippen LogP contribution in [0.5, 0.6) is 0 Å². The van der Waals surface area contributed by atoms with Gasteiger partial charge < -0.3 is 14.2 Å². The first-order valence-electron chi connectivity index (χ1n) is 25.1. The van der Waals surface area contributed by atoms with Crippen molar-refractivity contribution in [3.05, 3.63) is 48.6 Å². The molecule has 0 heterocycles. The molecule has 0 aromatic heterocycles. The van der Waals surface area contributed by atoms with Crippen LogP contribution in [0.2, 0.25) is 0 Å². The summed E-state index contributed by atoms with van der Waals surface area (Å²) < 4.78 is 16.8. The molecule has 0 saturated heterocycles. The largest absolute Gasteiger partial charge is 0.462 e. The smallest absolute Gasteiger partial charge is 0.306 e. The highest BCUT2D eigenvalue weighted by Gasteiger charge is 2.19. The highest BCUT2D eigenvalue weighted by molar-refractivity contribution is 5.71. The van der Waals surface area contributed by atoms with Gasteiger partial charge in [0, 0.05) is 19.3 Å². The van der Waals surface area contributed by atoms with E-state index >= 15 is 0 Å². The van der Waals surface area contributed by atoms with Crippen LogP contribution in [0.1, 0.15) is 252 Å². The second kappa shape index (κ2) is 48.0. The van der Waals surface area contributed by atoms with Crippen LogP contribution >= 0.6 is 0 Å². The number of hydrogen-bond donors (Lipinski definition) is 0. The van der Waals surface area contributed by atoms with Gasteiger partial charge >= 0.3 is 17.9 Å². The first kappa shape index (κ1) is 56.4. The van der Waals surface area contributed by atoms with Gasteiger partial charge in [0.15, 0.2) is 6.10 Å². The van der Waals surface area contributed by atoms with Crippen molar-refractivity contribution in [3.8, 4) is 0 Å². The predicted molar refractivity (Wildman–Crippen MR) is 252 cm³/mol. The summed E-state index contributed by atoms with van der Waals surface area (Å²) in [5.74, 6) is -0.912. The van der Waals surface area contributed by atoms with Crippen LogP contribution in [-0.2, 0) is 28.6 Å². The van der Waals surface area contributed by atoms with Crippen LogP contribution in [0.3, 0.4) is 0 Å². The molecule has 6 nitrogen and oxygen atoms in total. The number of unbranched alkanes of at least 4 members (excludes halogenated alkanes) is 26. The van der Waals surface area contributed by atoms with E-state index in [1.807, 2.05) is 0 Å².